The number of fused-ring (bicyclic) bond motifs is 1. The molecule has 5 heteroatoms. The molecule has 1 aromatic rings. The molecule has 0 bridgehead atoms. The second kappa shape index (κ2) is 4.92. The van der Waals surface area contributed by atoms with Gasteiger partial charge in [0.05, 0.1) is 5.69 Å². The molecule has 0 amide bonds. The molecule has 0 spiro atoms. The average molecular weight is 252 g/mol. The fourth-order valence-corrected chi connectivity index (χ4v) is 3.74. The van der Waals surface area contributed by atoms with Crippen LogP contribution in [0.15, 0.2) is 5.38 Å². The summed E-state index contributed by atoms with van der Waals surface area (Å²) in [5.41, 5.74) is 6.64. The molecule has 3 rings (SSSR count). The zero-order valence-corrected chi connectivity index (χ0v) is 11.0. The van der Waals surface area contributed by atoms with E-state index in [2.05, 4.69) is 20.2 Å². The third-order valence-electron chi connectivity index (χ3n) is 3.86. The fraction of sp³-hybridized carbons (Fsp3) is 0.750. The molecule has 0 aromatic carbocycles. The van der Waals surface area contributed by atoms with E-state index in [0.29, 0.717) is 6.54 Å². The molecule has 1 atom stereocenters. The molecule has 1 aromatic heterocycles. The fourth-order valence-electron chi connectivity index (χ4n) is 2.86. The summed E-state index contributed by atoms with van der Waals surface area (Å²) in [4.78, 5) is 9.68. The van der Waals surface area contributed by atoms with Gasteiger partial charge in [0.2, 0.25) is 0 Å². The summed E-state index contributed by atoms with van der Waals surface area (Å²) in [5.74, 6) is 0. The summed E-state index contributed by atoms with van der Waals surface area (Å²) >= 11 is 1.74. The van der Waals surface area contributed by atoms with Crippen molar-refractivity contribution < 1.29 is 0 Å². The SMILES string of the molecule is NCc1csc(N2CCN3CCCCC3C2)n1. The lowest BCUT2D eigenvalue weighted by Crippen LogP contribution is -2.54. The lowest BCUT2D eigenvalue weighted by Gasteiger charge is -2.44. The molecule has 0 saturated carbocycles. The van der Waals surface area contributed by atoms with E-state index in [1.54, 1.807) is 11.3 Å². The second-order valence-electron chi connectivity index (χ2n) is 4.96. The van der Waals surface area contributed by atoms with Crippen molar-refractivity contribution in [1.29, 1.82) is 0 Å². The van der Waals surface area contributed by atoms with Gasteiger partial charge in [0.1, 0.15) is 0 Å². The van der Waals surface area contributed by atoms with E-state index in [9.17, 15) is 0 Å². The molecule has 3 heterocycles. The number of piperazine rings is 1. The molecule has 94 valence electrons. The Balaban J connectivity index is 1.68. The molecule has 1 unspecified atom stereocenters. The van der Waals surface area contributed by atoms with Crippen LogP contribution < -0.4 is 10.6 Å². The first-order valence-electron chi connectivity index (χ1n) is 6.50. The molecule has 2 aliphatic rings. The van der Waals surface area contributed by atoms with Crippen LogP contribution in [0.4, 0.5) is 5.13 Å². The number of rotatable bonds is 2. The number of nitrogens with zero attached hydrogens (tertiary/aromatic N) is 3. The van der Waals surface area contributed by atoms with E-state index in [1.807, 2.05) is 0 Å². The monoisotopic (exact) mass is 252 g/mol. The Morgan fingerprint density at radius 1 is 1.35 bits per heavy atom. The topological polar surface area (TPSA) is 45.4 Å². The van der Waals surface area contributed by atoms with Gasteiger partial charge in [-0.05, 0) is 19.4 Å². The van der Waals surface area contributed by atoms with Crippen molar-refractivity contribution in [1.82, 2.24) is 9.88 Å². The average Bonchev–Trinajstić information content (AvgIpc) is 2.87. The number of aromatic nitrogens is 1. The summed E-state index contributed by atoms with van der Waals surface area (Å²) in [6.45, 7) is 5.32. The maximum absolute atomic E-state index is 5.62. The number of nitrogens with two attached hydrogens (primary N) is 1. The number of piperidine rings is 1. The van der Waals surface area contributed by atoms with Crippen LogP contribution in [0.1, 0.15) is 25.0 Å². The van der Waals surface area contributed by atoms with Crippen molar-refractivity contribution in [2.45, 2.75) is 31.8 Å². The zero-order valence-electron chi connectivity index (χ0n) is 10.1. The number of thiazole rings is 1. The van der Waals surface area contributed by atoms with E-state index >= 15 is 0 Å². The highest BCUT2D eigenvalue weighted by molar-refractivity contribution is 7.13. The Bertz CT molecular complexity index is 378. The van der Waals surface area contributed by atoms with Gasteiger partial charge < -0.3 is 10.6 Å². The third kappa shape index (κ3) is 2.32. The Morgan fingerprint density at radius 2 is 2.29 bits per heavy atom. The Morgan fingerprint density at radius 3 is 3.12 bits per heavy atom. The van der Waals surface area contributed by atoms with Crippen molar-refractivity contribution >= 4 is 16.5 Å². The first-order valence-corrected chi connectivity index (χ1v) is 7.38. The number of hydrogen-bond acceptors (Lipinski definition) is 5. The highest BCUT2D eigenvalue weighted by atomic mass is 32.1. The van der Waals surface area contributed by atoms with Crippen LogP contribution >= 0.6 is 11.3 Å². The van der Waals surface area contributed by atoms with Crippen molar-refractivity contribution in [2.75, 3.05) is 31.1 Å². The van der Waals surface area contributed by atoms with Gasteiger partial charge >= 0.3 is 0 Å². The summed E-state index contributed by atoms with van der Waals surface area (Å²) in [6, 6.07) is 0.753. The Labute approximate surface area is 106 Å². The molecule has 0 radical (unpaired) electrons. The molecule has 2 fully saturated rings. The first-order chi connectivity index (χ1) is 8.36. The van der Waals surface area contributed by atoms with Crippen molar-refractivity contribution in [2.24, 2.45) is 5.73 Å². The third-order valence-corrected chi connectivity index (χ3v) is 4.81. The highest BCUT2D eigenvalue weighted by Gasteiger charge is 2.29. The lowest BCUT2D eigenvalue weighted by atomic mass is 10.00. The largest absolute Gasteiger partial charge is 0.345 e. The van der Waals surface area contributed by atoms with Crippen molar-refractivity contribution in [3.8, 4) is 0 Å². The lowest BCUT2D eigenvalue weighted by molar-refractivity contribution is 0.133. The molecule has 2 aliphatic heterocycles. The van der Waals surface area contributed by atoms with Crippen LogP contribution in [-0.2, 0) is 6.54 Å². The zero-order chi connectivity index (χ0) is 11.7. The maximum atomic E-state index is 5.62. The van der Waals surface area contributed by atoms with Crippen LogP contribution in [-0.4, -0.2) is 42.1 Å². The van der Waals surface area contributed by atoms with Crippen LogP contribution in [0.2, 0.25) is 0 Å². The van der Waals surface area contributed by atoms with Gasteiger partial charge in [-0.25, -0.2) is 4.98 Å². The summed E-state index contributed by atoms with van der Waals surface area (Å²) < 4.78 is 0. The first kappa shape index (κ1) is 11.4. The normalized spacial score (nSPS) is 25.9. The maximum Gasteiger partial charge on any atom is 0.185 e. The minimum atomic E-state index is 0.555. The van der Waals surface area contributed by atoms with E-state index in [0.717, 1.165) is 30.0 Å². The van der Waals surface area contributed by atoms with E-state index < -0.39 is 0 Å². The van der Waals surface area contributed by atoms with E-state index in [1.165, 1.54) is 32.4 Å². The summed E-state index contributed by atoms with van der Waals surface area (Å²) in [5, 5.41) is 3.25. The predicted molar refractivity (Wildman–Crippen MR) is 71.4 cm³/mol. The molecule has 17 heavy (non-hydrogen) atoms. The van der Waals surface area contributed by atoms with Gasteiger partial charge in [-0.15, -0.1) is 11.3 Å². The second-order valence-corrected chi connectivity index (χ2v) is 5.79. The molecule has 0 aliphatic carbocycles. The van der Waals surface area contributed by atoms with Gasteiger partial charge in [-0.3, -0.25) is 4.90 Å². The van der Waals surface area contributed by atoms with Crippen LogP contribution in [0.25, 0.3) is 0 Å². The molecule has 4 nitrogen and oxygen atoms in total. The minimum Gasteiger partial charge on any atom is -0.345 e. The van der Waals surface area contributed by atoms with Gasteiger partial charge in [0.25, 0.3) is 0 Å². The van der Waals surface area contributed by atoms with Gasteiger partial charge in [-0.1, -0.05) is 6.42 Å². The van der Waals surface area contributed by atoms with Gasteiger partial charge in [-0.2, -0.15) is 0 Å². The highest BCUT2D eigenvalue weighted by Crippen LogP contribution is 2.27. The van der Waals surface area contributed by atoms with Gasteiger partial charge in [0, 0.05) is 37.6 Å². The van der Waals surface area contributed by atoms with Crippen LogP contribution in [0, 0.1) is 0 Å². The smallest absolute Gasteiger partial charge is 0.185 e. The van der Waals surface area contributed by atoms with E-state index in [-0.39, 0.29) is 0 Å². The van der Waals surface area contributed by atoms with Crippen LogP contribution in [0.5, 0.6) is 0 Å². The summed E-state index contributed by atoms with van der Waals surface area (Å²) in [6.07, 6.45) is 4.12. The van der Waals surface area contributed by atoms with Crippen molar-refractivity contribution in [3.63, 3.8) is 0 Å². The van der Waals surface area contributed by atoms with Crippen LogP contribution in [0.3, 0.4) is 0 Å². The summed E-state index contributed by atoms with van der Waals surface area (Å²) in [7, 11) is 0. The minimum absolute atomic E-state index is 0.555. The van der Waals surface area contributed by atoms with Crippen molar-refractivity contribution in [3.05, 3.63) is 11.1 Å². The number of hydrogen-bond donors (Lipinski definition) is 1. The quantitative estimate of drug-likeness (QED) is 0.861. The molecular formula is C12H20N4S. The van der Waals surface area contributed by atoms with E-state index in [4.69, 9.17) is 5.73 Å². The Kier molecular flexibility index (Phi) is 3.31. The Hall–Kier alpha value is -0.650. The number of anilines is 1. The molecular weight excluding hydrogens is 232 g/mol. The standard InChI is InChI=1S/C12H20N4S/c13-7-10-9-17-12(14-10)16-6-5-15-4-2-1-3-11(15)8-16/h9,11H,1-8,13H2. The van der Waals surface area contributed by atoms with Gasteiger partial charge in [0.15, 0.2) is 5.13 Å². The molecule has 2 N–H and O–H groups in total. The predicted octanol–water partition coefficient (Wildman–Crippen LogP) is 1.28. The molecule has 2 saturated heterocycles.